The van der Waals surface area contributed by atoms with E-state index in [0.29, 0.717) is 0 Å². The fourth-order valence-corrected chi connectivity index (χ4v) is 1.99. The number of para-hydroxylation sites is 1. The van der Waals surface area contributed by atoms with Crippen LogP contribution < -0.4 is 5.32 Å². The van der Waals surface area contributed by atoms with Crippen LogP contribution in [-0.4, -0.2) is 20.2 Å². The second-order valence-corrected chi connectivity index (χ2v) is 4.25. The standard InChI is InChI=1S/C13H13N5/c1-8-4-3-5-9(2)11(8)17-12-10-6-16-18-13(10)15-7-14-12/h3-7H,1-2H3,(H2,14,15,16,17,18). The van der Waals surface area contributed by atoms with Crippen molar-refractivity contribution in [3.05, 3.63) is 41.9 Å². The molecule has 2 heterocycles. The molecule has 0 fully saturated rings. The van der Waals surface area contributed by atoms with Crippen LogP contribution in [0.2, 0.25) is 0 Å². The van der Waals surface area contributed by atoms with E-state index >= 15 is 0 Å². The molecule has 5 heteroatoms. The van der Waals surface area contributed by atoms with Gasteiger partial charge in [0.1, 0.15) is 12.1 Å². The quantitative estimate of drug-likeness (QED) is 0.721. The van der Waals surface area contributed by atoms with Gasteiger partial charge in [-0.25, -0.2) is 9.97 Å². The molecule has 0 spiro atoms. The molecular formula is C13H13N5. The van der Waals surface area contributed by atoms with Gasteiger partial charge in [-0.05, 0) is 25.0 Å². The van der Waals surface area contributed by atoms with Crippen molar-refractivity contribution in [3.63, 3.8) is 0 Å². The Morgan fingerprint density at radius 1 is 1.11 bits per heavy atom. The second kappa shape index (κ2) is 4.10. The van der Waals surface area contributed by atoms with Crippen molar-refractivity contribution in [2.24, 2.45) is 0 Å². The summed E-state index contributed by atoms with van der Waals surface area (Å²) in [6.07, 6.45) is 3.25. The van der Waals surface area contributed by atoms with Crippen molar-refractivity contribution in [2.45, 2.75) is 13.8 Å². The van der Waals surface area contributed by atoms with Gasteiger partial charge >= 0.3 is 0 Å². The zero-order valence-corrected chi connectivity index (χ0v) is 10.2. The highest BCUT2D eigenvalue weighted by molar-refractivity contribution is 5.88. The lowest BCUT2D eigenvalue weighted by atomic mass is 10.1. The third-order valence-electron chi connectivity index (χ3n) is 2.97. The van der Waals surface area contributed by atoms with E-state index in [0.717, 1.165) is 22.5 Å². The Balaban J connectivity index is 2.09. The molecule has 5 nitrogen and oxygen atoms in total. The van der Waals surface area contributed by atoms with Crippen molar-refractivity contribution in [3.8, 4) is 0 Å². The molecule has 90 valence electrons. The fourth-order valence-electron chi connectivity index (χ4n) is 1.99. The number of benzene rings is 1. The first-order valence-electron chi connectivity index (χ1n) is 5.73. The van der Waals surface area contributed by atoms with Gasteiger partial charge in [0.25, 0.3) is 0 Å². The number of hydrogen-bond donors (Lipinski definition) is 2. The molecule has 0 aliphatic rings. The van der Waals surface area contributed by atoms with Gasteiger partial charge in [-0.15, -0.1) is 0 Å². The maximum absolute atomic E-state index is 4.27. The molecule has 1 aromatic carbocycles. The number of fused-ring (bicyclic) bond motifs is 1. The molecule has 3 rings (SSSR count). The first-order chi connectivity index (χ1) is 8.75. The molecule has 0 aliphatic heterocycles. The van der Waals surface area contributed by atoms with Gasteiger partial charge in [0.2, 0.25) is 0 Å². The van der Waals surface area contributed by atoms with Crippen LogP contribution in [0.15, 0.2) is 30.7 Å². The van der Waals surface area contributed by atoms with Gasteiger partial charge in [-0.1, -0.05) is 18.2 Å². The molecule has 0 radical (unpaired) electrons. The van der Waals surface area contributed by atoms with E-state index in [2.05, 4.69) is 51.5 Å². The smallest absolute Gasteiger partial charge is 0.160 e. The van der Waals surface area contributed by atoms with Crippen LogP contribution in [0.3, 0.4) is 0 Å². The van der Waals surface area contributed by atoms with E-state index in [1.54, 1.807) is 6.20 Å². The average Bonchev–Trinajstić information content (AvgIpc) is 2.83. The van der Waals surface area contributed by atoms with E-state index < -0.39 is 0 Å². The first kappa shape index (κ1) is 10.7. The molecule has 0 aliphatic carbocycles. The largest absolute Gasteiger partial charge is 0.339 e. The Morgan fingerprint density at radius 2 is 1.89 bits per heavy atom. The van der Waals surface area contributed by atoms with Crippen molar-refractivity contribution in [1.82, 2.24) is 20.2 Å². The summed E-state index contributed by atoms with van der Waals surface area (Å²) in [6.45, 7) is 4.15. The van der Waals surface area contributed by atoms with Crippen LogP contribution in [0.4, 0.5) is 11.5 Å². The number of aryl methyl sites for hydroxylation is 2. The summed E-state index contributed by atoms with van der Waals surface area (Å²) in [5.41, 5.74) is 4.19. The van der Waals surface area contributed by atoms with Crippen molar-refractivity contribution in [2.75, 3.05) is 5.32 Å². The predicted octanol–water partition coefficient (Wildman–Crippen LogP) is 2.71. The molecule has 0 saturated heterocycles. The van der Waals surface area contributed by atoms with Crippen LogP contribution in [0, 0.1) is 13.8 Å². The Bertz CT molecular complexity index is 681. The second-order valence-electron chi connectivity index (χ2n) is 4.25. The fraction of sp³-hybridized carbons (Fsp3) is 0.154. The molecule has 0 saturated carbocycles. The van der Waals surface area contributed by atoms with Gasteiger partial charge in [0.15, 0.2) is 5.65 Å². The number of aromatic nitrogens is 4. The highest BCUT2D eigenvalue weighted by Gasteiger charge is 2.08. The lowest BCUT2D eigenvalue weighted by Gasteiger charge is -2.11. The Morgan fingerprint density at radius 3 is 2.67 bits per heavy atom. The topological polar surface area (TPSA) is 66.5 Å². The lowest BCUT2D eigenvalue weighted by molar-refractivity contribution is 1.09. The molecule has 3 aromatic rings. The summed E-state index contributed by atoms with van der Waals surface area (Å²) in [7, 11) is 0. The minimum atomic E-state index is 0.735. The van der Waals surface area contributed by atoms with Gasteiger partial charge < -0.3 is 5.32 Å². The number of hydrogen-bond acceptors (Lipinski definition) is 4. The van der Waals surface area contributed by atoms with Crippen molar-refractivity contribution >= 4 is 22.5 Å². The Labute approximate surface area is 104 Å². The summed E-state index contributed by atoms with van der Waals surface area (Å²) in [6, 6.07) is 6.19. The number of nitrogens with zero attached hydrogens (tertiary/aromatic N) is 3. The van der Waals surface area contributed by atoms with Gasteiger partial charge in [-0.2, -0.15) is 5.10 Å². The minimum absolute atomic E-state index is 0.735. The summed E-state index contributed by atoms with van der Waals surface area (Å²) in [4.78, 5) is 8.39. The first-order valence-corrected chi connectivity index (χ1v) is 5.73. The normalized spacial score (nSPS) is 10.8. The Kier molecular flexibility index (Phi) is 2.44. The van der Waals surface area contributed by atoms with Gasteiger partial charge in [-0.3, -0.25) is 5.10 Å². The van der Waals surface area contributed by atoms with E-state index in [1.807, 2.05) is 6.07 Å². The van der Waals surface area contributed by atoms with Crippen LogP contribution in [0.1, 0.15) is 11.1 Å². The van der Waals surface area contributed by atoms with Gasteiger partial charge in [0.05, 0.1) is 11.6 Å². The summed E-state index contributed by atoms with van der Waals surface area (Å²) in [5.74, 6) is 0.770. The van der Waals surface area contributed by atoms with E-state index in [-0.39, 0.29) is 0 Å². The maximum Gasteiger partial charge on any atom is 0.160 e. The Hall–Kier alpha value is -2.43. The third-order valence-corrected chi connectivity index (χ3v) is 2.97. The van der Waals surface area contributed by atoms with Crippen molar-refractivity contribution < 1.29 is 0 Å². The predicted molar refractivity (Wildman–Crippen MR) is 70.9 cm³/mol. The van der Waals surface area contributed by atoms with Crippen LogP contribution >= 0.6 is 0 Å². The molecule has 2 aromatic heterocycles. The SMILES string of the molecule is Cc1cccc(C)c1Nc1ncnc2[nH]ncc12. The summed E-state index contributed by atoms with van der Waals surface area (Å²) < 4.78 is 0. The molecule has 0 bridgehead atoms. The maximum atomic E-state index is 4.27. The number of nitrogens with one attached hydrogen (secondary N) is 2. The summed E-state index contributed by atoms with van der Waals surface area (Å²) >= 11 is 0. The molecule has 0 amide bonds. The van der Waals surface area contributed by atoms with E-state index in [4.69, 9.17) is 0 Å². The monoisotopic (exact) mass is 239 g/mol. The van der Waals surface area contributed by atoms with Crippen LogP contribution in [0.25, 0.3) is 11.0 Å². The molecule has 0 unspecified atom stereocenters. The highest BCUT2D eigenvalue weighted by Crippen LogP contribution is 2.26. The third kappa shape index (κ3) is 1.69. The highest BCUT2D eigenvalue weighted by atomic mass is 15.2. The van der Waals surface area contributed by atoms with Gasteiger partial charge in [0, 0.05) is 5.69 Å². The molecule has 2 N–H and O–H groups in total. The van der Waals surface area contributed by atoms with Crippen molar-refractivity contribution in [1.29, 1.82) is 0 Å². The molecular weight excluding hydrogens is 226 g/mol. The minimum Gasteiger partial charge on any atom is -0.339 e. The lowest BCUT2D eigenvalue weighted by Crippen LogP contribution is -1.99. The summed E-state index contributed by atoms with van der Waals surface area (Å²) in [5, 5.41) is 11.1. The number of anilines is 2. The van der Waals surface area contributed by atoms with E-state index in [9.17, 15) is 0 Å². The number of H-pyrrole nitrogens is 1. The number of aromatic amines is 1. The average molecular weight is 239 g/mol. The van der Waals surface area contributed by atoms with E-state index in [1.165, 1.54) is 17.5 Å². The number of rotatable bonds is 2. The molecule has 0 atom stereocenters. The molecule has 18 heavy (non-hydrogen) atoms. The zero-order valence-electron chi connectivity index (χ0n) is 10.2. The zero-order chi connectivity index (χ0) is 12.5. The van der Waals surface area contributed by atoms with Crippen LogP contribution in [-0.2, 0) is 0 Å². The van der Waals surface area contributed by atoms with Crippen LogP contribution in [0.5, 0.6) is 0 Å².